The summed E-state index contributed by atoms with van der Waals surface area (Å²) in [6.45, 7) is 0. The zero-order valence-electron chi connectivity index (χ0n) is 9.22. The van der Waals surface area contributed by atoms with Gasteiger partial charge in [0.05, 0.1) is 12.1 Å². The molecule has 0 fully saturated rings. The Morgan fingerprint density at radius 2 is 2.06 bits per heavy atom. The molecular weight excluding hydrogens is 255 g/mol. The van der Waals surface area contributed by atoms with Crippen molar-refractivity contribution in [2.24, 2.45) is 5.73 Å². The number of halogens is 4. The Hall–Kier alpha value is -0.940. The minimum Gasteiger partial charge on any atom is -0.495 e. The van der Waals surface area contributed by atoms with E-state index in [9.17, 15) is 13.2 Å². The number of rotatable bonds is 4. The van der Waals surface area contributed by atoms with Crippen LogP contribution in [-0.2, 0) is 0 Å². The molecule has 0 saturated heterocycles. The Morgan fingerprint density at radius 3 is 2.59 bits per heavy atom. The van der Waals surface area contributed by atoms with Gasteiger partial charge >= 0.3 is 6.18 Å². The summed E-state index contributed by atoms with van der Waals surface area (Å²) in [7, 11) is 1.44. The lowest BCUT2D eigenvalue weighted by atomic mass is 10.0. The summed E-state index contributed by atoms with van der Waals surface area (Å²) in [6, 6.07) is 4.04. The number of benzene rings is 1. The van der Waals surface area contributed by atoms with Gasteiger partial charge in [-0.3, -0.25) is 0 Å². The highest BCUT2D eigenvalue weighted by Gasteiger charge is 2.27. The average molecular weight is 268 g/mol. The molecule has 6 heteroatoms. The Labute approximate surface area is 103 Å². The van der Waals surface area contributed by atoms with Gasteiger partial charge < -0.3 is 10.5 Å². The van der Waals surface area contributed by atoms with Crippen LogP contribution in [0.3, 0.4) is 0 Å². The molecule has 0 aliphatic carbocycles. The first-order valence-electron chi connectivity index (χ1n) is 4.99. The molecule has 0 amide bonds. The number of ether oxygens (including phenoxy) is 1. The molecule has 0 aliphatic rings. The molecule has 0 heterocycles. The van der Waals surface area contributed by atoms with Gasteiger partial charge in [0.2, 0.25) is 0 Å². The van der Waals surface area contributed by atoms with E-state index in [1.165, 1.54) is 7.11 Å². The Morgan fingerprint density at radius 1 is 1.41 bits per heavy atom. The van der Waals surface area contributed by atoms with Crippen LogP contribution in [0.5, 0.6) is 5.75 Å². The molecule has 0 radical (unpaired) electrons. The van der Waals surface area contributed by atoms with Crippen LogP contribution < -0.4 is 10.5 Å². The minimum atomic E-state index is -4.19. The Balaban J connectivity index is 2.72. The van der Waals surface area contributed by atoms with Crippen LogP contribution in [0.2, 0.25) is 5.02 Å². The summed E-state index contributed by atoms with van der Waals surface area (Å²) in [5.74, 6) is 0.409. The smallest absolute Gasteiger partial charge is 0.389 e. The molecule has 0 saturated carbocycles. The second-order valence-electron chi connectivity index (χ2n) is 3.65. The van der Waals surface area contributed by atoms with Crippen LogP contribution in [0.1, 0.15) is 24.4 Å². The number of methoxy groups -OCH3 is 1. The van der Waals surface area contributed by atoms with Crippen LogP contribution in [0.4, 0.5) is 13.2 Å². The van der Waals surface area contributed by atoms with Crippen molar-refractivity contribution in [2.75, 3.05) is 7.11 Å². The molecular formula is C11H13ClF3NO. The van der Waals surface area contributed by atoms with Crippen LogP contribution in [0.25, 0.3) is 0 Å². The van der Waals surface area contributed by atoms with Gasteiger partial charge in [-0.2, -0.15) is 13.2 Å². The van der Waals surface area contributed by atoms with E-state index < -0.39 is 18.6 Å². The normalized spacial score (nSPS) is 13.5. The van der Waals surface area contributed by atoms with Gasteiger partial charge in [0.15, 0.2) is 0 Å². The second-order valence-corrected chi connectivity index (χ2v) is 4.06. The van der Waals surface area contributed by atoms with E-state index >= 15 is 0 Å². The first-order chi connectivity index (χ1) is 7.83. The number of hydrogen-bond donors (Lipinski definition) is 1. The predicted molar refractivity (Wildman–Crippen MR) is 60.2 cm³/mol. The maximum Gasteiger partial charge on any atom is 0.389 e. The van der Waals surface area contributed by atoms with E-state index in [1.807, 2.05) is 0 Å². The van der Waals surface area contributed by atoms with Crippen molar-refractivity contribution in [3.05, 3.63) is 28.8 Å². The minimum absolute atomic E-state index is 0.158. The molecule has 1 rings (SSSR count). The van der Waals surface area contributed by atoms with Crippen molar-refractivity contribution < 1.29 is 17.9 Å². The SMILES string of the molecule is COc1cc([C@H](N)CCC(F)(F)F)ccc1Cl. The molecule has 2 N–H and O–H groups in total. The lowest BCUT2D eigenvalue weighted by Crippen LogP contribution is -2.15. The van der Waals surface area contributed by atoms with Gasteiger partial charge in [0, 0.05) is 12.5 Å². The summed E-state index contributed by atoms with van der Waals surface area (Å²) < 4.78 is 41.1. The Bertz CT molecular complexity index is 381. The van der Waals surface area contributed by atoms with Gasteiger partial charge in [0.1, 0.15) is 5.75 Å². The zero-order chi connectivity index (χ0) is 13.1. The summed E-state index contributed by atoms with van der Waals surface area (Å²) in [4.78, 5) is 0. The molecule has 96 valence electrons. The molecule has 0 aliphatic heterocycles. The second kappa shape index (κ2) is 5.60. The summed E-state index contributed by atoms with van der Waals surface area (Å²) >= 11 is 5.80. The summed E-state index contributed by atoms with van der Waals surface area (Å²) in [6.07, 6.45) is -5.25. The molecule has 1 aromatic carbocycles. The summed E-state index contributed by atoms with van der Waals surface area (Å²) in [5, 5.41) is 0.402. The highest BCUT2D eigenvalue weighted by Crippen LogP contribution is 2.30. The maximum absolute atomic E-state index is 12.0. The lowest BCUT2D eigenvalue weighted by Gasteiger charge is -2.15. The van der Waals surface area contributed by atoms with Crippen molar-refractivity contribution in [3.8, 4) is 5.75 Å². The summed E-state index contributed by atoms with van der Waals surface area (Å²) in [5.41, 5.74) is 6.26. The van der Waals surface area contributed by atoms with E-state index in [-0.39, 0.29) is 6.42 Å². The third-order valence-electron chi connectivity index (χ3n) is 2.34. The van der Waals surface area contributed by atoms with Crippen molar-refractivity contribution in [3.63, 3.8) is 0 Å². The fourth-order valence-corrected chi connectivity index (χ4v) is 1.59. The molecule has 2 nitrogen and oxygen atoms in total. The van der Waals surface area contributed by atoms with E-state index in [0.29, 0.717) is 16.3 Å². The number of nitrogens with two attached hydrogens (primary N) is 1. The lowest BCUT2D eigenvalue weighted by molar-refractivity contribution is -0.136. The van der Waals surface area contributed by atoms with Crippen LogP contribution in [0.15, 0.2) is 18.2 Å². The van der Waals surface area contributed by atoms with Crippen LogP contribution >= 0.6 is 11.6 Å². The third-order valence-corrected chi connectivity index (χ3v) is 2.65. The molecule has 0 aromatic heterocycles. The predicted octanol–water partition coefficient (Wildman–Crippen LogP) is 3.69. The average Bonchev–Trinajstić information content (AvgIpc) is 2.25. The van der Waals surface area contributed by atoms with Crippen LogP contribution in [0, 0.1) is 0 Å². The quantitative estimate of drug-likeness (QED) is 0.903. The zero-order valence-corrected chi connectivity index (χ0v) is 9.98. The first-order valence-corrected chi connectivity index (χ1v) is 5.37. The highest BCUT2D eigenvalue weighted by atomic mass is 35.5. The fourth-order valence-electron chi connectivity index (χ4n) is 1.39. The number of alkyl halides is 3. The number of hydrogen-bond acceptors (Lipinski definition) is 2. The molecule has 1 atom stereocenters. The van der Waals surface area contributed by atoms with Gasteiger partial charge in [-0.25, -0.2) is 0 Å². The molecule has 17 heavy (non-hydrogen) atoms. The fraction of sp³-hybridized carbons (Fsp3) is 0.455. The maximum atomic E-state index is 12.0. The Kier molecular flexibility index (Phi) is 4.65. The van der Waals surface area contributed by atoms with E-state index in [4.69, 9.17) is 22.1 Å². The van der Waals surface area contributed by atoms with Gasteiger partial charge in [-0.15, -0.1) is 0 Å². The molecule has 1 aromatic rings. The molecule has 0 spiro atoms. The van der Waals surface area contributed by atoms with Gasteiger partial charge in [-0.05, 0) is 24.1 Å². The first kappa shape index (κ1) is 14.1. The van der Waals surface area contributed by atoms with E-state index in [1.54, 1.807) is 18.2 Å². The highest BCUT2D eigenvalue weighted by molar-refractivity contribution is 6.32. The van der Waals surface area contributed by atoms with Gasteiger partial charge in [0.25, 0.3) is 0 Å². The van der Waals surface area contributed by atoms with Crippen molar-refractivity contribution in [2.45, 2.75) is 25.1 Å². The molecule has 0 bridgehead atoms. The topological polar surface area (TPSA) is 35.2 Å². The van der Waals surface area contributed by atoms with E-state index in [2.05, 4.69) is 0 Å². The monoisotopic (exact) mass is 267 g/mol. The van der Waals surface area contributed by atoms with E-state index in [0.717, 1.165) is 0 Å². The van der Waals surface area contributed by atoms with Gasteiger partial charge in [-0.1, -0.05) is 17.7 Å². The van der Waals surface area contributed by atoms with Crippen molar-refractivity contribution >= 4 is 11.6 Å². The largest absolute Gasteiger partial charge is 0.495 e. The van der Waals surface area contributed by atoms with Crippen LogP contribution in [-0.4, -0.2) is 13.3 Å². The standard InChI is InChI=1S/C11H13ClF3NO/c1-17-10-6-7(2-3-8(10)12)9(16)4-5-11(13,14)15/h2-3,6,9H,4-5,16H2,1H3/t9-/m1/s1. The van der Waals surface area contributed by atoms with Crippen molar-refractivity contribution in [1.82, 2.24) is 0 Å². The third kappa shape index (κ3) is 4.44. The van der Waals surface area contributed by atoms with Crippen molar-refractivity contribution in [1.29, 1.82) is 0 Å². The molecule has 0 unspecified atom stereocenters.